The summed E-state index contributed by atoms with van der Waals surface area (Å²) < 4.78 is 0. The first-order chi connectivity index (χ1) is 17.8. The predicted molar refractivity (Wildman–Crippen MR) is 146 cm³/mol. The number of hydrogen-bond donors (Lipinski definition) is 2. The molecule has 0 radical (unpaired) electrons. The number of aromatic amines is 2. The van der Waals surface area contributed by atoms with Crippen molar-refractivity contribution in [1.29, 1.82) is 0 Å². The Morgan fingerprint density at radius 2 is 1.11 bits per heavy atom. The minimum atomic E-state index is 0.464. The highest BCUT2D eigenvalue weighted by atomic mass is 14.8. The van der Waals surface area contributed by atoms with E-state index in [1.165, 1.54) is 59.0 Å². The molecule has 8 aliphatic rings. The van der Waals surface area contributed by atoms with Gasteiger partial charge in [0.1, 0.15) is 0 Å². The first-order valence-electron chi connectivity index (χ1n) is 13.3. The average Bonchev–Trinajstić information content (AvgIpc) is 3.70. The van der Waals surface area contributed by atoms with Crippen molar-refractivity contribution in [3.8, 4) is 0 Å². The van der Waals surface area contributed by atoms with Crippen LogP contribution in [0.5, 0.6) is 0 Å². The van der Waals surface area contributed by atoms with Gasteiger partial charge in [-0.2, -0.15) is 0 Å². The molecule has 0 amide bonds. The Kier molecular flexibility index (Phi) is 3.67. The van der Waals surface area contributed by atoms with E-state index in [-0.39, 0.29) is 0 Å². The van der Waals surface area contributed by atoms with Crippen LogP contribution in [0.25, 0.3) is 45.4 Å². The Balaban J connectivity index is 1.42. The summed E-state index contributed by atoms with van der Waals surface area (Å²) in [5.41, 5.74) is 14.7. The van der Waals surface area contributed by atoms with Crippen LogP contribution in [0.1, 0.15) is 71.4 Å². The molecular formula is C32H26N4. The molecule has 6 aliphatic carbocycles. The maximum Gasteiger partial charge on any atom is 0.0700 e. The quantitative estimate of drug-likeness (QED) is 0.263. The first kappa shape index (κ1) is 19.3. The molecule has 36 heavy (non-hydrogen) atoms. The summed E-state index contributed by atoms with van der Waals surface area (Å²) in [5.74, 6) is 1.92. The molecule has 0 spiro atoms. The van der Waals surface area contributed by atoms with E-state index < -0.39 is 0 Å². The van der Waals surface area contributed by atoms with E-state index in [1.807, 2.05) is 0 Å². The molecule has 4 heteroatoms. The number of fused-ring (bicyclic) bond motifs is 10. The van der Waals surface area contributed by atoms with E-state index in [0.717, 1.165) is 33.8 Å². The van der Waals surface area contributed by atoms with Crippen molar-refractivity contribution in [2.24, 2.45) is 11.8 Å². The van der Waals surface area contributed by atoms with Gasteiger partial charge in [-0.05, 0) is 96.5 Å². The molecule has 4 unspecified atom stereocenters. The molecule has 5 heterocycles. The SMILES string of the molecule is C1=Cc2cc3ccc(cc4[nH]c(cc5nc(cc1n2)C1=C5C2C=CC1CC2)c1c4C2C=CC1CC2)[nH]3. The maximum atomic E-state index is 5.30. The minimum absolute atomic E-state index is 0.464. The van der Waals surface area contributed by atoms with E-state index in [0.29, 0.717) is 23.7 Å². The van der Waals surface area contributed by atoms with Gasteiger partial charge in [-0.25, -0.2) is 9.97 Å². The van der Waals surface area contributed by atoms with Gasteiger partial charge in [0.15, 0.2) is 0 Å². The van der Waals surface area contributed by atoms with E-state index in [1.54, 1.807) is 0 Å². The molecule has 3 aromatic rings. The largest absolute Gasteiger partial charge is 0.355 e. The Hall–Kier alpha value is -3.92. The van der Waals surface area contributed by atoms with Crippen LogP contribution in [0.3, 0.4) is 0 Å². The van der Waals surface area contributed by atoms with Crippen LogP contribution in [0, 0.1) is 11.8 Å². The molecule has 11 rings (SSSR count). The second-order valence-electron chi connectivity index (χ2n) is 11.1. The molecule has 3 aromatic heterocycles. The summed E-state index contributed by atoms with van der Waals surface area (Å²) in [6.45, 7) is 0. The summed E-state index contributed by atoms with van der Waals surface area (Å²) in [7, 11) is 0. The third-order valence-corrected chi connectivity index (χ3v) is 9.02. The predicted octanol–water partition coefficient (Wildman–Crippen LogP) is 7.52. The summed E-state index contributed by atoms with van der Waals surface area (Å²) in [5, 5.41) is 0. The summed E-state index contributed by atoms with van der Waals surface area (Å²) >= 11 is 0. The smallest absolute Gasteiger partial charge is 0.0700 e. The fourth-order valence-corrected chi connectivity index (χ4v) is 7.47. The number of rotatable bonds is 0. The lowest BCUT2D eigenvalue weighted by Crippen LogP contribution is -2.18. The Bertz CT molecular complexity index is 1770. The Morgan fingerprint density at radius 1 is 0.556 bits per heavy atom. The van der Waals surface area contributed by atoms with E-state index in [2.05, 4.69) is 82.8 Å². The number of allylic oxidation sites excluding steroid dienone is 6. The average molecular weight is 467 g/mol. The van der Waals surface area contributed by atoms with Gasteiger partial charge in [-0.1, -0.05) is 24.3 Å². The van der Waals surface area contributed by atoms with Gasteiger partial charge >= 0.3 is 0 Å². The number of H-pyrrole nitrogens is 2. The highest BCUT2D eigenvalue weighted by molar-refractivity contribution is 5.98. The topological polar surface area (TPSA) is 57.4 Å². The second-order valence-corrected chi connectivity index (χ2v) is 11.1. The van der Waals surface area contributed by atoms with Crippen LogP contribution in [0.15, 0.2) is 60.7 Å². The van der Waals surface area contributed by atoms with Gasteiger partial charge < -0.3 is 9.97 Å². The van der Waals surface area contributed by atoms with Crippen molar-refractivity contribution in [3.05, 3.63) is 94.6 Å². The standard InChI is InChI=1S/C32H26N4/c1-5-19-6-2-17(1)29-25-14-23-11-9-21(33-23)13-22-10-12-24(34-22)15-26-30-18-3-7-20(8-4-18)32(30)28(36-26)16-27(35-25)31(19)29/h1,3,5,7,9-20,33,35H,2,4,6,8H2. The molecule has 4 nitrogen and oxygen atoms in total. The lowest BCUT2D eigenvalue weighted by atomic mass is 9.70. The van der Waals surface area contributed by atoms with Crippen LogP contribution in [0.4, 0.5) is 0 Å². The molecular weight excluding hydrogens is 440 g/mol. The number of aromatic nitrogens is 4. The Morgan fingerprint density at radius 3 is 1.78 bits per heavy atom. The van der Waals surface area contributed by atoms with Crippen LogP contribution in [-0.2, 0) is 0 Å². The van der Waals surface area contributed by atoms with Gasteiger partial charge in [0, 0.05) is 45.7 Å². The zero-order valence-electron chi connectivity index (χ0n) is 20.0. The van der Waals surface area contributed by atoms with E-state index in [4.69, 9.17) is 9.97 Å². The van der Waals surface area contributed by atoms with Crippen molar-refractivity contribution in [2.75, 3.05) is 0 Å². The highest BCUT2D eigenvalue weighted by Crippen LogP contribution is 2.52. The summed E-state index contributed by atoms with van der Waals surface area (Å²) in [6.07, 6.45) is 18.8. The lowest BCUT2D eigenvalue weighted by molar-refractivity contribution is 0.558. The van der Waals surface area contributed by atoms with Crippen molar-refractivity contribution < 1.29 is 0 Å². The van der Waals surface area contributed by atoms with Gasteiger partial charge in [0.05, 0.1) is 22.8 Å². The lowest BCUT2D eigenvalue weighted by Gasteiger charge is -2.32. The van der Waals surface area contributed by atoms with Crippen LogP contribution in [0.2, 0.25) is 0 Å². The number of hydrogen-bond acceptors (Lipinski definition) is 2. The zero-order chi connectivity index (χ0) is 23.4. The third kappa shape index (κ3) is 2.64. The van der Waals surface area contributed by atoms with Gasteiger partial charge in [0.25, 0.3) is 0 Å². The van der Waals surface area contributed by atoms with Crippen molar-refractivity contribution >= 4 is 45.4 Å². The molecule has 0 aromatic carbocycles. The maximum absolute atomic E-state index is 5.30. The Labute approximate surface area is 209 Å². The number of nitrogens with zero attached hydrogens (tertiary/aromatic N) is 2. The molecule has 4 atom stereocenters. The molecule has 12 bridgehead atoms. The highest BCUT2D eigenvalue weighted by Gasteiger charge is 2.37. The van der Waals surface area contributed by atoms with E-state index >= 15 is 0 Å². The van der Waals surface area contributed by atoms with Crippen LogP contribution < -0.4 is 0 Å². The first-order valence-corrected chi connectivity index (χ1v) is 13.3. The van der Waals surface area contributed by atoms with Crippen molar-refractivity contribution in [1.82, 2.24) is 19.9 Å². The van der Waals surface area contributed by atoms with Crippen LogP contribution in [-0.4, -0.2) is 19.9 Å². The molecule has 174 valence electrons. The number of nitrogens with one attached hydrogen (secondary N) is 2. The monoisotopic (exact) mass is 466 g/mol. The second kappa shape index (κ2) is 6.85. The van der Waals surface area contributed by atoms with Gasteiger partial charge in [-0.15, -0.1) is 0 Å². The summed E-state index contributed by atoms with van der Waals surface area (Å²) in [6, 6.07) is 13.3. The fraction of sp³-hybridized carbons (Fsp3) is 0.250. The third-order valence-electron chi connectivity index (χ3n) is 9.02. The molecule has 0 saturated carbocycles. The van der Waals surface area contributed by atoms with Crippen molar-refractivity contribution in [3.63, 3.8) is 0 Å². The molecule has 2 N–H and O–H groups in total. The van der Waals surface area contributed by atoms with Crippen LogP contribution >= 0.6 is 0 Å². The molecule has 0 saturated heterocycles. The van der Waals surface area contributed by atoms with Crippen molar-refractivity contribution in [2.45, 2.75) is 37.5 Å². The normalized spacial score (nSPS) is 26.6. The summed E-state index contributed by atoms with van der Waals surface area (Å²) in [4.78, 5) is 17.6. The fourth-order valence-electron chi connectivity index (χ4n) is 7.47. The van der Waals surface area contributed by atoms with Gasteiger partial charge in [-0.3, -0.25) is 0 Å². The molecule has 2 aliphatic heterocycles. The van der Waals surface area contributed by atoms with E-state index in [9.17, 15) is 0 Å². The minimum Gasteiger partial charge on any atom is -0.355 e. The van der Waals surface area contributed by atoms with Gasteiger partial charge in [0.2, 0.25) is 0 Å². The molecule has 0 fully saturated rings. The zero-order valence-corrected chi connectivity index (χ0v) is 20.0.